The molecule has 1 heterocycles. The van der Waals surface area contributed by atoms with E-state index in [-0.39, 0.29) is 18.5 Å². The van der Waals surface area contributed by atoms with Crippen molar-refractivity contribution >= 4 is 11.9 Å². The average molecular weight is 269 g/mol. The van der Waals surface area contributed by atoms with Gasteiger partial charge in [-0.15, -0.1) is 0 Å². The van der Waals surface area contributed by atoms with E-state index in [0.29, 0.717) is 11.3 Å². The van der Waals surface area contributed by atoms with Gasteiger partial charge in [0.25, 0.3) is 11.5 Å². The van der Waals surface area contributed by atoms with Gasteiger partial charge in [-0.3, -0.25) is 9.59 Å². The van der Waals surface area contributed by atoms with Crippen LogP contribution >= 0.6 is 0 Å². The molecule has 0 aliphatic rings. The van der Waals surface area contributed by atoms with Gasteiger partial charge in [0.2, 0.25) is 0 Å². The number of H-pyrrole nitrogens is 1. The first-order valence-corrected chi connectivity index (χ1v) is 5.59. The fraction of sp³-hybridized carbons (Fsp3) is 0.455. The van der Waals surface area contributed by atoms with Gasteiger partial charge in [0, 0.05) is 13.0 Å². The van der Waals surface area contributed by atoms with E-state index in [9.17, 15) is 14.4 Å². The second-order valence-electron chi connectivity index (χ2n) is 4.04. The van der Waals surface area contributed by atoms with E-state index < -0.39 is 23.5 Å². The molecule has 104 valence electrons. The van der Waals surface area contributed by atoms with Crippen LogP contribution in [0.3, 0.4) is 0 Å². The third kappa shape index (κ3) is 3.62. The summed E-state index contributed by atoms with van der Waals surface area (Å²) in [5.74, 6) is -1.98. The van der Waals surface area contributed by atoms with E-state index in [2.05, 4.69) is 15.5 Å². The number of carbonyl (C=O) groups excluding carboxylic acids is 1. The summed E-state index contributed by atoms with van der Waals surface area (Å²) in [4.78, 5) is 33.7. The quantitative estimate of drug-likeness (QED) is 0.539. The minimum Gasteiger partial charge on any atom is -0.479 e. The Morgan fingerprint density at radius 3 is 2.63 bits per heavy atom. The summed E-state index contributed by atoms with van der Waals surface area (Å²) in [7, 11) is 0. The normalized spacial score (nSPS) is 11.9. The van der Waals surface area contributed by atoms with Crippen LogP contribution in [0, 0.1) is 13.8 Å². The first-order chi connectivity index (χ1) is 8.84. The van der Waals surface area contributed by atoms with Crippen molar-refractivity contribution in [1.29, 1.82) is 0 Å². The van der Waals surface area contributed by atoms with Crippen LogP contribution in [0.25, 0.3) is 0 Å². The molecule has 0 fully saturated rings. The fourth-order valence-corrected chi connectivity index (χ4v) is 1.43. The van der Waals surface area contributed by atoms with Crippen LogP contribution < -0.4 is 10.9 Å². The fourth-order valence-electron chi connectivity index (χ4n) is 1.43. The molecule has 0 aliphatic carbocycles. The van der Waals surface area contributed by atoms with Crippen molar-refractivity contribution in [3.63, 3.8) is 0 Å². The van der Waals surface area contributed by atoms with Gasteiger partial charge < -0.3 is 15.5 Å². The molecular formula is C11H15N3O5. The third-order valence-electron chi connectivity index (χ3n) is 2.69. The number of aryl methyl sites for hydroxylation is 1. The Labute approximate surface area is 108 Å². The SMILES string of the molecule is Cc1n[nH]c(=O)c(C(=O)NCCC(O)C(=O)O)c1C. The summed E-state index contributed by atoms with van der Waals surface area (Å²) in [5.41, 5.74) is 0.312. The minimum absolute atomic E-state index is 0.0491. The molecule has 0 saturated heterocycles. The molecule has 1 rings (SSSR count). The van der Waals surface area contributed by atoms with Gasteiger partial charge in [-0.1, -0.05) is 0 Å². The number of hydrogen-bond donors (Lipinski definition) is 4. The molecule has 0 radical (unpaired) electrons. The summed E-state index contributed by atoms with van der Waals surface area (Å²) in [6, 6.07) is 0. The Morgan fingerprint density at radius 1 is 1.42 bits per heavy atom. The Morgan fingerprint density at radius 2 is 2.05 bits per heavy atom. The van der Waals surface area contributed by atoms with Crippen molar-refractivity contribution < 1.29 is 19.8 Å². The number of carboxylic acid groups (broad SMARTS) is 1. The van der Waals surface area contributed by atoms with Crippen molar-refractivity contribution in [2.45, 2.75) is 26.4 Å². The van der Waals surface area contributed by atoms with E-state index in [4.69, 9.17) is 10.2 Å². The smallest absolute Gasteiger partial charge is 0.332 e. The average Bonchev–Trinajstić information content (AvgIpc) is 2.34. The lowest BCUT2D eigenvalue weighted by atomic mass is 10.1. The Hall–Kier alpha value is -2.22. The lowest BCUT2D eigenvalue weighted by Crippen LogP contribution is -2.34. The zero-order chi connectivity index (χ0) is 14.6. The van der Waals surface area contributed by atoms with Gasteiger partial charge in [-0.05, 0) is 19.4 Å². The van der Waals surface area contributed by atoms with Gasteiger partial charge in [0.05, 0.1) is 5.69 Å². The van der Waals surface area contributed by atoms with Crippen molar-refractivity contribution in [2.75, 3.05) is 6.54 Å². The Kier molecular flexibility index (Phi) is 4.76. The number of nitrogens with zero attached hydrogens (tertiary/aromatic N) is 1. The van der Waals surface area contributed by atoms with Crippen LogP contribution in [0.2, 0.25) is 0 Å². The van der Waals surface area contributed by atoms with E-state index in [1.54, 1.807) is 13.8 Å². The summed E-state index contributed by atoms with van der Waals surface area (Å²) >= 11 is 0. The molecule has 1 aromatic heterocycles. The predicted octanol–water partition coefficient (Wildman–Crippen LogP) is -1.05. The molecule has 0 aliphatic heterocycles. The molecule has 1 unspecified atom stereocenters. The number of carbonyl (C=O) groups is 2. The van der Waals surface area contributed by atoms with Crippen molar-refractivity contribution in [3.8, 4) is 0 Å². The highest BCUT2D eigenvalue weighted by Crippen LogP contribution is 2.04. The Balaban J connectivity index is 2.72. The number of aliphatic hydroxyl groups excluding tert-OH is 1. The molecule has 1 aromatic rings. The predicted molar refractivity (Wildman–Crippen MR) is 64.9 cm³/mol. The Bertz CT molecular complexity index is 552. The number of aliphatic carboxylic acids is 1. The van der Waals surface area contributed by atoms with Crippen LogP contribution in [-0.4, -0.2) is 44.9 Å². The maximum Gasteiger partial charge on any atom is 0.332 e. The standard InChI is InChI=1S/C11H15N3O5/c1-5-6(2)13-14-10(17)8(5)9(16)12-4-3-7(15)11(18)19/h7,15H,3-4H2,1-2H3,(H,12,16)(H,14,17)(H,18,19). The van der Waals surface area contributed by atoms with Gasteiger partial charge >= 0.3 is 5.97 Å². The highest BCUT2D eigenvalue weighted by atomic mass is 16.4. The largest absolute Gasteiger partial charge is 0.479 e. The monoisotopic (exact) mass is 269 g/mol. The second kappa shape index (κ2) is 6.10. The molecule has 0 aromatic carbocycles. The van der Waals surface area contributed by atoms with Crippen molar-refractivity contribution in [1.82, 2.24) is 15.5 Å². The molecule has 8 heteroatoms. The number of aliphatic hydroxyl groups is 1. The van der Waals surface area contributed by atoms with E-state index in [1.165, 1.54) is 0 Å². The maximum absolute atomic E-state index is 11.8. The highest BCUT2D eigenvalue weighted by molar-refractivity contribution is 5.95. The molecule has 1 atom stereocenters. The molecule has 8 nitrogen and oxygen atoms in total. The number of aromatic nitrogens is 2. The topological polar surface area (TPSA) is 132 Å². The van der Waals surface area contributed by atoms with Crippen molar-refractivity contribution in [2.24, 2.45) is 0 Å². The van der Waals surface area contributed by atoms with Gasteiger partial charge in [0.15, 0.2) is 6.10 Å². The number of amides is 1. The van der Waals surface area contributed by atoms with Crippen LogP contribution in [0.5, 0.6) is 0 Å². The number of nitrogens with one attached hydrogen (secondary N) is 2. The summed E-state index contributed by atoms with van der Waals surface area (Å²) < 4.78 is 0. The minimum atomic E-state index is -1.54. The molecule has 0 saturated carbocycles. The van der Waals surface area contributed by atoms with Gasteiger partial charge in [-0.25, -0.2) is 9.89 Å². The number of rotatable bonds is 5. The molecular weight excluding hydrogens is 254 g/mol. The molecule has 19 heavy (non-hydrogen) atoms. The molecule has 0 spiro atoms. The first-order valence-electron chi connectivity index (χ1n) is 5.59. The van der Waals surface area contributed by atoms with Crippen LogP contribution in [-0.2, 0) is 4.79 Å². The maximum atomic E-state index is 11.8. The van der Waals surface area contributed by atoms with E-state index >= 15 is 0 Å². The number of aromatic amines is 1. The van der Waals surface area contributed by atoms with Gasteiger partial charge in [0.1, 0.15) is 5.56 Å². The van der Waals surface area contributed by atoms with Crippen LogP contribution in [0.15, 0.2) is 4.79 Å². The first kappa shape index (κ1) is 14.8. The highest BCUT2D eigenvalue weighted by Gasteiger charge is 2.17. The van der Waals surface area contributed by atoms with E-state index in [1.807, 2.05) is 0 Å². The summed E-state index contributed by atoms with van der Waals surface area (Å²) in [6.45, 7) is 3.20. The number of carboxylic acids is 1. The molecule has 4 N–H and O–H groups in total. The second-order valence-corrected chi connectivity index (χ2v) is 4.04. The zero-order valence-electron chi connectivity index (χ0n) is 10.6. The number of hydrogen-bond acceptors (Lipinski definition) is 5. The molecule has 0 bridgehead atoms. The van der Waals surface area contributed by atoms with Gasteiger partial charge in [-0.2, -0.15) is 5.10 Å². The summed E-state index contributed by atoms with van der Waals surface area (Å²) in [5, 5.41) is 25.8. The zero-order valence-corrected chi connectivity index (χ0v) is 10.6. The van der Waals surface area contributed by atoms with Crippen LogP contribution in [0.4, 0.5) is 0 Å². The van der Waals surface area contributed by atoms with Crippen LogP contribution in [0.1, 0.15) is 28.0 Å². The molecule has 1 amide bonds. The third-order valence-corrected chi connectivity index (χ3v) is 2.69. The lowest BCUT2D eigenvalue weighted by Gasteiger charge is -2.09. The lowest BCUT2D eigenvalue weighted by molar-refractivity contribution is -0.146. The summed E-state index contributed by atoms with van der Waals surface area (Å²) in [6.07, 6.45) is -1.68. The van der Waals surface area contributed by atoms with Crippen molar-refractivity contribution in [3.05, 3.63) is 27.2 Å². The van der Waals surface area contributed by atoms with E-state index in [0.717, 1.165) is 0 Å².